The number of carbonyl (C=O) groups excluding carboxylic acids is 1. The average Bonchev–Trinajstić information content (AvgIpc) is 2.34. The standard InChI is InChI=1S/C14H15ClF6N2O/c1-8(2)6-11(24)23-12(13(16,17)18,14(19,20)21)22-10-5-3-4-9(15)7-10/h3-5,7-8,22H,6H2,1-2H3,(H,23,24). The van der Waals surface area contributed by atoms with Crippen molar-refractivity contribution in [3.05, 3.63) is 29.3 Å². The largest absolute Gasteiger partial charge is 0.439 e. The molecule has 1 aromatic carbocycles. The highest BCUT2D eigenvalue weighted by atomic mass is 35.5. The number of benzene rings is 1. The van der Waals surface area contributed by atoms with Crippen LogP contribution < -0.4 is 10.6 Å². The lowest BCUT2D eigenvalue weighted by molar-refractivity contribution is -0.296. The number of rotatable bonds is 5. The Morgan fingerprint density at radius 3 is 2.08 bits per heavy atom. The van der Waals surface area contributed by atoms with Gasteiger partial charge in [-0.1, -0.05) is 31.5 Å². The number of hydrogen-bond acceptors (Lipinski definition) is 2. The van der Waals surface area contributed by atoms with Crippen LogP contribution in [-0.4, -0.2) is 23.9 Å². The molecule has 24 heavy (non-hydrogen) atoms. The van der Waals surface area contributed by atoms with Crippen molar-refractivity contribution in [3.8, 4) is 0 Å². The van der Waals surface area contributed by atoms with Crippen LogP contribution in [0.3, 0.4) is 0 Å². The van der Waals surface area contributed by atoms with Crippen LogP contribution in [0.25, 0.3) is 0 Å². The highest BCUT2D eigenvalue weighted by molar-refractivity contribution is 6.30. The lowest BCUT2D eigenvalue weighted by Crippen LogP contribution is -2.72. The third kappa shape index (κ3) is 4.68. The average molecular weight is 377 g/mol. The van der Waals surface area contributed by atoms with Gasteiger partial charge in [0, 0.05) is 17.1 Å². The van der Waals surface area contributed by atoms with Crippen LogP contribution in [0.1, 0.15) is 20.3 Å². The number of amides is 1. The van der Waals surface area contributed by atoms with Crippen LogP contribution in [0.5, 0.6) is 0 Å². The topological polar surface area (TPSA) is 41.1 Å². The van der Waals surface area contributed by atoms with Crippen LogP contribution >= 0.6 is 11.6 Å². The first-order valence-electron chi connectivity index (χ1n) is 6.76. The first-order valence-corrected chi connectivity index (χ1v) is 7.14. The van der Waals surface area contributed by atoms with Crippen molar-refractivity contribution < 1.29 is 31.1 Å². The fraction of sp³-hybridized carbons (Fsp3) is 0.500. The lowest BCUT2D eigenvalue weighted by Gasteiger charge is -2.39. The molecule has 0 bridgehead atoms. The summed E-state index contributed by atoms with van der Waals surface area (Å²) in [6.45, 7) is 2.99. The van der Waals surface area contributed by atoms with Crippen LogP contribution in [-0.2, 0) is 4.79 Å². The highest BCUT2D eigenvalue weighted by Crippen LogP contribution is 2.43. The first kappa shape index (κ1) is 20.4. The van der Waals surface area contributed by atoms with Gasteiger partial charge in [0.05, 0.1) is 0 Å². The predicted octanol–water partition coefficient (Wildman–Crippen LogP) is 4.74. The van der Waals surface area contributed by atoms with Gasteiger partial charge in [0.25, 0.3) is 0 Å². The molecule has 1 aromatic rings. The second-order valence-electron chi connectivity index (χ2n) is 5.53. The second kappa shape index (κ2) is 7.08. The van der Waals surface area contributed by atoms with Crippen LogP contribution in [0, 0.1) is 5.92 Å². The Morgan fingerprint density at radius 1 is 1.12 bits per heavy atom. The zero-order chi connectivity index (χ0) is 18.8. The Bertz CT molecular complexity index is 571. The molecular formula is C14H15ClF6N2O. The molecule has 0 aliphatic rings. The third-order valence-electron chi connectivity index (χ3n) is 2.93. The van der Waals surface area contributed by atoms with Crippen molar-refractivity contribution in [2.45, 2.75) is 38.3 Å². The smallest absolute Gasteiger partial charge is 0.348 e. The maximum absolute atomic E-state index is 13.3. The van der Waals surface area contributed by atoms with Gasteiger partial charge in [0.2, 0.25) is 5.91 Å². The van der Waals surface area contributed by atoms with E-state index in [9.17, 15) is 31.1 Å². The van der Waals surface area contributed by atoms with E-state index in [0.29, 0.717) is 0 Å². The van der Waals surface area contributed by atoms with Crippen molar-refractivity contribution in [3.63, 3.8) is 0 Å². The van der Waals surface area contributed by atoms with E-state index in [1.807, 2.05) is 0 Å². The molecule has 3 nitrogen and oxygen atoms in total. The summed E-state index contributed by atoms with van der Waals surface area (Å²) < 4.78 is 79.9. The quantitative estimate of drug-likeness (QED) is 0.576. The zero-order valence-electron chi connectivity index (χ0n) is 12.6. The van der Waals surface area contributed by atoms with Gasteiger partial charge in [0.1, 0.15) is 0 Å². The van der Waals surface area contributed by atoms with E-state index in [1.165, 1.54) is 31.3 Å². The van der Waals surface area contributed by atoms with Crippen LogP contribution in [0.15, 0.2) is 24.3 Å². The molecule has 0 spiro atoms. The number of anilines is 1. The molecule has 2 N–H and O–H groups in total. The Hall–Kier alpha value is -1.64. The monoisotopic (exact) mass is 376 g/mol. The first-order chi connectivity index (χ1) is 10.8. The molecule has 10 heteroatoms. The Labute approximate surface area is 139 Å². The molecular weight excluding hydrogens is 362 g/mol. The molecule has 0 unspecified atom stereocenters. The van der Waals surface area contributed by atoms with E-state index >= 15 is 0 Å². The molecule has 0 saturated carbocycles. The maximum atomic E-state index is 13.3. The summed E-state index contributed by atoms with van der Waals surface area (Å²) in [5.74, 6) is -1.80. The number of hydrogen-bond donors (Lipinski definition) is 2. The zero-order valence-corrected chi connectivity index (χ0v) is 13.4. The highest BCUT2D eigenvalue weighted by Gasteiger charge is 2.72. The van der Waals surface area contributed by atoms with E-state index in [0.717, 1.165) is 17.4 Å². The molecule has 0 aliphatic carbocycles. The summed E-state index contributed by atoms with van der Waals surface area (Å²) in [5, 5.41) is 2.35. The van der Waals surface area contributed by atoms with E-state index in [-0.39, 0.29) is 5.02 Å². The minimum atomic E-state index is -5.85. The molecule has 0 heterocycles. The van der Waals surface area contributed by atoms with Crippen LogP contribution in [0.4, 0.5) is 32.0 Å². The Balaban J connectivity index is 3.34. The summed E-state index contributed by atoms with van der Waals surface area (Å²) in [6, 6.07) is 4.33. The van der Waals surface area contributed by atoms with E-state index in [4.69, 9.17) is 11.6 Å². The van der Waals surface area contributed by atoms with Crippen molar-refractivity contribution in [2.75, 3.05) is 5.32 Å². The summed E-state index contributed by atoms with van der Waals surface area (Å²) in [5.41, 5.74) is -5.17. The summed E-state index contributed by atoms with van der Waals surface area (Å²) in [6.07, 6.45) is -12.2. The summed E-state index contributed by atoms with van der Waals surface area (Å²) in [7, 11) is 0. The molecule has 0 radical (unpaired) electrons. The van der Waals surface area contributed by atoms with Gasteiger partial charge in [0.15, 0.2) is 0 Å². The molecule has 136 valence electrons. The van der Waals surface area contributed by atoms with Crippen LogP contribution in [0.2, 0.25) is 5.02 Å². The molecule has 0 saturated heterocycles. The van der Waals surface area contributed by atoms with Gasteiger partial charge in [-0.05, 0) is 24.1 Å². The van der Waals surface area contributed by atoms with Gasteiger partial charge < -0.3 is 10.6 Å². The van der Waals surface area contributed by atoms with E-state index < -0.39 is 41.9 Å². The van der Waals surface area contributed by atoms with Gasteiger partial charge >= 0.3 is 18.0 Å². The Kier molecular flexibility index (Phi) is 6.02. The minimum Gasteiger partial charge on any atom is -0.348 e. The van der Waals surface area contributed by atoms with Crippen molar-refractivity contribution >= 4 is 23.2 Å². The number of alkyl halides is 6. The maximum Gasteiger partial charge on any atom is 0.439 e. The summed E-state index contributed by atoms with van der Waals surface area (Å²) in [4.78, 5) is 11.6. The normalized spacial score (nSPS) is 13.1. The fourth-order valence-corrected chi connectivity index (χ4v) is 2.08. The number of halogens is 7. The molecule has 0 atom stereocenters. The van der Waals surface area contributed by atoms with E-state index in [2.05, 4.69) is 0 Å². The van der Waals surface area contributed by atoms with Gasteiger partial charge in [-0.15, -0.1) is 0 Å². The van der Waals surface area contributed by atoms with Crippen molar-refractivity contribution in [1.82, 2.24) is 5.32 Å². The van der Waals surface area contributed by atoms with E-state index in [1.54, 1.807) is 0 Å². The van der Waals surface area contributed by atoms with Gasteiger partial charge in [-0.2, -0.15) is 26.3 Å². The SMILES string of the molecule is CC(C)CC(=O)NC(Nc1cccc(Cl)c1)(C(F)(F)F)C(F)(F)F. The number of nitrogens with one attached hydrogen (secondary N) is 2. The number of carbonyl (C=O) groups is 1. The molecule has 1 rings (SSSR count). The third-order valence-corrected chi connectivity index (χ3v) is 3.16. The summed E-state index contributed by atoms with van der Waals surface area (Å²) >= 11 is 5.59. The lowest BCUT2D eigenvalue weighted by atomic mass is 10.1. The molecule has 0 fully saturated rings. The molecule has 0 aliphatic heterocycles. The fourth-order valence-electron chi connectivity index (χ4n) is 1.89. The molecule has 1 amide bonds. The predicted molar refractivity (Wildman–Crippen MR) is 77.5 cm³/mol. The Morgan fingerprint density at radius 2 is 1.67 bits per heavy atom. The van der Waals surface area contributed by atoms with Gasteiger partial charge in [-0.25, -0.2) is 0 Å². The van der Waals surface area contributed by atoms with Gasteiger partial charge in [-0.3, -0.25) is 4.79 Å². The van der Waals surface area contributed by atoms with Crippen molar-refractivity contribution in [2.24, 2.45) is 5.92 Å². The second-order valence-corrected chi connectivity index (χ2v) is 5.96. The molecule has 0 aromatic heterocycles. The minimum absolute atomic E-state index is 0.0632. The van der Waals surface area contributed by atoms with Crippen molar-refractivity contribution in [1.29, 1.82) is 0 Å².